The number of aliphatic carboxylic acids is 1. The Balaban J connectivity index is 2.19. The zero-order chi connectivity index (χ0) is 16.5. The number of carboxylic acid groups (broad SMARTS) is 1. The van der Waals surface area contributed by atoms with E-state index < -0.39 is 23.7 Å². The molecule has 1 amide bonds. The molecule has 1 saturated heterocycles. The summed E-state index contributed by atoms with van der Waals surface area (Å²) in [6.45, 7) is 7.69. The van der Waals surface area contributed by atoms with E-state index in [4.69, 9.17) is 4.74 Å². The van der Waals surface area contributed by atoms with Gasteiger partial charge in [-0.2, -0.15) is 0 Å². The SMILES string of the molecule is Cc1cccc(C2CC(C(=O)O)N(C(=O)OC(C)(C)C)C2)c1. The lowest BCUT2D eigenvalue weighted by atomic mass is 9.95. The molecule has 0 aliphatic carbocycles. The van der Waals surface area contributed by atoms with Crippen molar-refractivity contribution < 1.29 is 19.4 Å². The van der Waals surface area contributed by atoms with Gasteiger partial charge in [-0.1, -0.05) is 29.8 Å². The highest BCUT2D eigenvalue weighted by Gasteiger charge is 2.41. The molecule has 1 aliphatic rings. The zero-order valence-electron chi connectivity index (χ0n) is 13.5. The topological polar surface area (TPSA) is 66.8 Å². The number of carboxylic acids is 1. The van der Waals surface area contributed by atoms with Crippen LogP contribution in [-0.4, -0.2) is 40.3 Å². The molecule has 1 N–H and O–H groups in total. The molecule has 5 heteroatoms. The number of aryl methyl sites for hydroxylation is 1. The molecular formula is C17H23NO4. The largest absolute Gasteiger partial charge is 0.480 e. The minimum absolute atomic E-state index is 0.0218. The molecule has 1 heterocycles. The van der Waals surface area contributed by atoms with E-state index >= 15 is 0 Å². The standard InChI is InChI=1S/C17H23NO4/c1-11-6-5-7-12(8-11)13-9-14(15(19)20)18(10-13)16(21)22-17(2,3)4/h5-8,13-14H,9-10H2,1-4H3,(H,19,20). The first-order chi connectivity index (χ1) is 10.2. The number of rotatable bonds is 2. The normalized spacial score (nSPS) is 21.7. The quantitative estimate of drug-likeness (QED) is 0.911. The fourth-order valence-corrected chi connectivity index (χ4v) is 2.76. The second kappa shape index (κ2) is 5.99. The van der Waals surface area contributed by atoms with Gasteiger partial charge in [-0.05, 0) is 39.7 Å². The predicted molar refractivity (Wildman–Crippen MR) is 82.9 cm³/mol. The maximum atomic E-state index is 12.3. The minimum Gasteiger partial charge on any atom is -0.480 e. The molecule has 2 unspecified atom stereocenters. The van der Waals surface area contributed by atoms with Crippen LogP contribution in [0.2, 0.25) is 0 Å². The number of hydrogen-bond acceptors (Lipinski definition) is 3. The van der Waals surface area contributed by atoms with E-state index in [1.54, 1.807) is 20.8 Å². The number of carbonyl (C=O) groups is 2. The summed E-state index contributed by atoms with van der Waals surface area (Å²) in [7, 11) is 0. The molecule has 2 atom stereocenters. The highest BCUT2D eigenvalue weighted by molar-refractivity contribution is 5.81. The van der Waals surface area contributed by atoms with Crippen molar-refractivity contribution in [1.29, 1.82) is 0 Å². The summed E-state index contributed by atoms with van der Waals surface area (Å²) in [5.41, 5.74) is 1.55. The van der Waals surface area contributed by atoms with Gasteiger partial charge in [-0.25, -0.2) is 9.59 Å². The first-order valence-electron chi connectivity index (χ1n) is 7.46. The van der Waals surface area contributed by atoms with Crippen LogP contribution in [0.5, 0.6) is 0 Å². The second-order valence-electron chi connectivity index (χ2n) is 6.83. The van der Waals surface area contributed by atoms with Crippen molar-refractivity contribution in [3.8, 4) is 0 Å². The Hall–Kier alpha value is -2.04. The Kier molecular flexibility index (Phi) is 4.44. The van der Waals surface area contributed by atoms with Gasteiger partial charge in [0.2, 0.25) is 0 Å². The van der Waals surface area contributed by atoms with E-state index in [2.05, 4.69) is 0 Å². The maximum absolute atomic E-state index is 12.3. The van der Waals surface area contributed by atoms with Gasteiger partial charge in [0.25, 0.3) is 0 Å². The summed E-state index contributed by atoms with van der Waals surface area (Å²) >= 11 is 0. The molecular weight excluding hydrogens is 282 g/mol. The molecule has 1 fully saturated rings. The van der Waals surface area contributed by atoms with Crippen molar-refractivity contribution in [3.63, 3.8) is 0 Å². The van der Waals surface area contributed by atoms with Crippen LogP contribution in [0.1, 0.15) is 44.2 Å². The number of nitrogens with zero attached hydrogens (tertiary/aromatic N) is 1. The third kappa shape index (κ3) is 3.78. The highest BCUT2D eigenvalue weighted by atomic mass is 16.6. The van der Waals surface area contributed by atoms with Crippen LogP contribution >= 0.6 is 0 Å². The monoisotopic (exact) mass is 305 g/mol. The number of amides is 1. The van der Waals surface area contributed by atoms with Crippen molar-refractivity contribution in [1.82, 2.24) is 4.90 Å². The van der Waals surface area contributed by atoms with E-state index in [-0.39, 0.29) is 5.92 Å². The number of likely N-dealkylation sites (tertiary alicyclic amines) is 1. The van der Waals surface area contributed by atoms with Crippen LogP contribution in [-0.2, 0) is 9.53 Å². The molecule has 0 saturated carbocycles. The third-order valence-electron chi connectivity index (χ3n) is 3.73. The van der Waals surface area contributed by atoms with Gasteiger partial charge in [-0.15, -0.1) is 0 Å². The van der Waals surface area contributed by atoms with Crippen LogP contribution in [0, 0.1) is 6.92 Å². The van der Waals surface area contributed by atoms with Gasteiger partial charge >= 0.3 is 12.1 Å². The summed E-state index contributed by atoms with van der Waals surface area (Å²) in [6.07, 6.45) is -0.145. The molecule has 1 aliphatic heterocycles. The number of carbonyl (C=O) groups excluding carboxylic acids is 1. The van der Waals surface area contributed by atoms with Crippen LogP contribution in [0.25, 0.3) is 0 Å². The van der Waals surface area contributed by atoms with Crippen molar-refractivity contribution in [2.45, 2.75) is 51.7 Å². The number of ether oxygens (including phenoxy) is 1. The average Bonchev–Trinajstić information content (AvgIpc) is 2.82. The summed E-state index contributed by atoms with van der Waals surface area (Å²) in [5, 5.41) is 9.40. The molecule has 120 valence electrons. The minimum atomic E-state index is -0.985. The molecule has 0 spiro atoms. The van der Waals surface area contributed by atoms with Crippen LogP contribution in [0.4, 0.5) is 4.79 Å². The smallest absolute Gasteiger partial charge is 0.411 e. The first-order valence-corrected chi connectivity index (χ1v) is 7.46. The summed E-state index contributed by atoms with van der Waals surface area (Å²) < 4.78 is 5.33. The summed E-state index contributed by atoms with van der Waals surface area (Å²) in [6, 6.07) is 7.15. The lowest BCUT2D eigenvalue weighted by Crippen LogP contribution is -2.43. The zero-order valence-corrected chi connectivity index (χ0v) is 13.5. The van der Waals surface area contributed by atoms with Crippen molar-refractivity contribution in [3.05, 3.63) is 35.4 Å². The Morgan fingerprint density at radius 2 is 2.00 bits per heavy atom. The van der Waals surface area contributed by atoms with Gasteiger partial charge < -0.3 is 9.84 Å². The molecule has 1 aromatic carbocycles. The van der Waals surface area contributed by atoms with Crippen LogP contribution < -0.4 is 0 Å². The Morgan fingerprint density at radius 1 is 1.32 bits per heavy atom. The molecule has 2 rings (SSSR count). The van der Waals surface area contributed by atoms with E-state index in [0.29, 0.717) is 13.0 Å². The van der Waals surface area contributed by atoms with E-state index in [1.807, 2.05) is 31.2 Å². The molecule has 5 nitrogen and oxygen atoms in total. The maximum Gasteiger partial charge on any atom is 0.411 e. The Bertz CT molecular complexity index is 576. The van der Waals surface area contributed by atoms with E-state index in [1.165, 1.54) is 4.90 Å². The van der Waals surface area contributed by atoms with E-state index in [0.717, 1.165) is 11.1 Å². The lowest BCUT2D eigenvalue weighted by Gasteiger charge is -2.26. The lowest BCUT2D eigenvalue weighted by molar-refractivity contribution is -0.142. The number of benzene rings is 1. The molecule has 0 aromatic heterocycles. The average molecular weight is 305 g/mol. The van der Waals surface area contributed by atoms with Crippen LogP contribution in [0.3, 0.4) is 0 Å². The van der Waals surface area contributed by atoms with Gasteiger partial charge in [0.1, 0.15) is 11.6 Å². The van der Waals surface area contributed by atoms with Crippen LogP contribution in [0.15, 0.2) is 24.3 Å². The predicted octanol–water partition coefficient (Wildman–Crippen LogP) is 3.17. The second-order valence-corrected chi connectivity index (χ2v) is 6.83. The molecule has 1 aromatic rings. The summed E-state index contributed by atoms with van der Waals surface area (Å²) in [5.74, 6) is -0.963. The summed E-state index contributed by atoms with van der Waals surface area (Å²) in [4.78, 5) is 25.1. The van der Waals surface area contributed by atoms with Crippen molar-refractivity contribution >= 4 is 12.1 Å². The van der Waals surface area contributed by atoms with Crippen molar-refractivity contribution in [2.75, 3.05) is 6.54 Å². The first kappa shape index (κ1) is 16.3. The fraction of sp³-hybridized carbons (Fsp3) is 0.529. The Labute approximate surface area is 130 Å². The molecule has 0 bridgehead atoms. The third-order valence-corrected chi connectivity index (χ3v) is 3.73. The van der Waals surface area contributed by atoms with Crippen molar-refractivity contribution in [2.24, 2.45) is 0 Å². The number of hydrogen-bond donors (Lipinski definition) is 1. The van der Waals surface area contributed by atoms with Gasteiger partial charge in [0.15, 0.2) is 0 Å². The Morgan fingerprint density at radius 3 is 2.55 bits per heavy atom. The van der Waals surface area contributed by atoms with Gasteiger partial charge in [0.05, 0.1) is 0 Å². The van der Waals surface area contributed by atoms with E-state index in [9.17, 15) is 14.7 Å². The molecule has 22 heavy (non-hydrogen) atoms. The van der Waals surface area contributed by atoms with Gasteiger partial charge in [-0.3, -0.25) is 4.90 Å². The fourth-order valence-electron chi connectivity index (χ4n) is 2.76. The highest BCUT2D eigenvalue weighted by Crippen LogP contribution is 2.33. The van der Waals surface area contributed by atoms with Gasteiger partial charge in [0, 0.05) is 12.5 Å². The molecule has 0 radical (unpaired) electrons.